The van der Waals surface area contributed by atoms with Gasteiger partial charge in [-0.05, 0) is 107 Å². The van der Waals surface area contributed by atoms with E-state index in [4.69, 9.17) is 14.6 Å². The second-order valence-corrected chi connectivity index (χ2v) is 14.7. The van der Waals surface area contributed by atoms with E-state index in [1.165, 1.54) is 17.7 Å². The Labute approximate surface area is 313 Å². The highest BCUT2D eigenvalue weighted by Gasteiger charge is 2.43. The lowest BCUT2D eigenvalue weighted by Crippen LogP contribution is -2.62. The molecular weight excluding hydrogens is 729 g/mol. The van der Waals surface area contributed by atoms with Gasteiger partial charge in [0.15, 0.2) is 0 Å². The minimum absolute atomic E-state index is 0.0238. The van der Waals surface area contributed by atoms with E-state index in [0.29, 0.717) is 55.1 Å². The summed E-state index contributed by atoms with van der Waals surface area (Å²) in [4.78, 5) is 42.7. The average Bonchev–Trinajstić information content (AvgIpc) is 3.98. The molecular formula is C41H47BrFN3O6. The number of aryl methyl sites for hydroxylation is 2. The SMILES string of the molecule is CCc1cccc(OCCN(C(=O)C2=C(c3ccc(CCCOc4cc(F)ccc4Br)cc3)CC3CN(C(=O)CCCC(=O)O)CC2N3)C2CC2)c1. The monoisotopic (exact) mass is 775 g/mol. The van der Waals surface area contributed by atoms with Crippen molar-refractivity contribution in [3.8, 4) is 11.5 Å². The summed E-state index contributed by atoms with van der Waals surface area (Å²) in [5.74, 6) is -0.0815. The zero-order valence-corrected chi connectivity index (χ0v) is 31.2. The lowest BCUT2D eigenvalue weighted by Gasteiger charge is -2.45. The maximum atomic E-state index is 14.7. The molecule has 6 rings (SSSR count). The Bertz CT molecular complexity index is 1780. The van der Waals surface area contributed by atoms with E-state index in [1.807, 2.05) is 23.1 Å². The molecule has 2 unspecified atom stereocenters. The molecule has 2 atom stereocenters. The predicted molar refractivity (Wildman–Crippen MR) is 201 cm³/mol. The summed E-state index contributed by atoms with van der Waals surface area (Å²) in [6.07, 6.45) is 5.34. The van der Waals surface area contributed by atoms with Crippen LogP contribution >= 0.6 is 15.9 Å². The van der Waals surface area contributed by atoms with E-state index in [2.05, 4.69) is 58.5 Å². The van der Waals surface area contributed by atoms with E-state index < -0.39 is 5.97 Å². The zero-order chi connectivity index (χ0) is 36.6. The quantitative estimate of drug-likeness (QED) is 0.145. The summed E-state index contributed by atoms with van der Waals surface area (Å²) in [5.41, 5.74) is 5.02. The van der Waals surface area contributed by atoms with Crippen molar-refractivity contribution in [2.24, 2.45) is 0 Å². The van der Waals surface area contributed by atoms with Crippen LogP contribution in [0.1, 0.15) is 68.6 Å². The minimum Gasteiger partial charge on any atom is -0.492 e. The Morgan fingerprint density at radius 3 is 2.52 bits per heavy atom. The van der Waals surface area contributed by atoms with Crippen LogP contribution in [0.5, 0.6) is 11.5 Å². The van der Waals surface area contributed by atoms with Gasteiger partial charge in [0.1, 0.15) is 23.9 Å². The number of benzene rings is 3. The molecule has 276 valence electrons. The van der Waals surface area contributed by atoms with Gasteiger partial charge in [0.25, 0.3) is 5.91 Å². The van der Waals surface area contributed by atoms with Gasteiger partial charge in [-0.1, -0.05) is 43.3 Å². The maximum absolute atomic E-state index is 14.7. The number of carboxylic acid groups (broad SMARTS) is 1. The molecule has 2 N–H and O–H groups in total. The first-order valence-electron chi connectivity index (χ1n) is 18.4. The first-order valence-corrected chi connectivity index (χ1v) is 19.2. The van der Waals surface area contributed by atoms with Gasteiger partial charge >= 0.3 is 5.97 Å². The number of nitrogens with one attached hydrogen (secondary N) is 1. The number of rotatable bonds is 17. The van der Waals surface area contributed by atoms with Gasteiger partial charge in [0.2, 0.25) is 5.91 Å². The summed E-state index contributed by atoms with van der Waals surface area (Å²) in [6.45, 7) is 4.24. The van der Waals surface area contributed by atoms with Crippen LogP contribution in [-0.2, 0) is 27.2 Å². The number of piperazine rings is 1. The molecule has 2 aliphatic heterocycles. The third-order valence-corrected chi connectivity index (χ3v) is 10.6. The molecule has 2 amide bonds. The molecule has 11 heteroatoms. The smallest absolute Gasteiger partial charge is 0.303 e. The third-order valence-electron chi connectivity index (χ3n) is 9.99. The van der Waals surface area contributed by atoms with Crippen molar-refractivity contribution in [3.05, 3.63) is 99.3 Å². The van der Waals surface area contributed by atoms with Gasteiger partial charge in [-0.3, -0.25) is 14.4 Å². The molecule has 0 aromatic heterocycles. The van der Waals surface area contributed by atoms with Crippen molar-refractivity contribution >= 4 is 39.3 Å². The highest BCUT2D eigenvalue weighted by atomic mass is 79.9. The van der Waals surface area contributed by atoms with Gasteiger partial charge in [-0.15, -0.1) is 0 Å². The number of fused-ring (bicyclic) bond motifs is 2. The number of amides is 2. The largest absolute Gasteiger partial charge is 0.492 e. The molecule has 1 saturated carbocycles. The van der Waals surface area contributed by atoms with Gasteiger partial charge in [0, 0.05) is 49.7 Å². The molecule has 3 aromatic rings. The Balaban J connectivity index is 1.19. The molecule has 0 spiro atoms. The Morgan fingerprint density at radius 2 is 1.77 bits per heavy atom. The van der Waals surface area contributed by atoms with Crippen LogP contribution in [0.4, 0.5) is 4.39 Å². The molecule has 2 bridgehead atoms. The fourth-order valence-electron chi connectivity index (χ4n) is 7.15. The van der Waals surface area contributed by atoms with Crippen molar-refractivity contribution in [2.45, 2.75) is 82.8 Å². The fraction of sp³-hybridized carbons (Fsp3) is 0.439. The summed E-state index contributed by atoms with van der Waals surface area (Å²) in [6, 6.07) is 20.6. The lowest BCUT2D eigenvalue weighted by molar-refractivity contribution is -0.138. The molecule has 2 fully saturated rings. The van der Waals surface area contributed by atoms with Crippen molar-refractivity contribution in [3.63, 3.8) is 0 Å². The molecule has 3 aliphatic rings. The number of ether oxygens (including phenoxy) is 2. The van der Waals surface area contributed by atoms with E-state index in [0.717, 1.165) is 54.6 Å². The predicted octanol–water partition coefficient (Wildman–Crippen LogP) is 6.81. The Kier molecular flexibility index (Phi) is 12.7. The van der Waals surface area contributed by atoms with Crippen molar-refractivity contribution in [2.75, 3.05) is 32.8 Å². The summed E-state index contributed by atoms with van der Waals surface area (Å²) in [5, 5.41) is 12.7. The summed E-state index contributed by atoms with van der Waals surface area (Å²) < 4.78 is 26.3. The van der Waals surface area contributed by atoms with Crippen LogP contribution in [0.2, 0.25) is 0 Å². The van der Waals surface area contributed by atoms with Gasteiger partial charge in [0.05, 0.1) is 23.7 Å². The minimum atomic E-state index is -0.913. The number of carboxylic acids is 1. The molecule has 0 radical (unpaired) electrons. The van der Waals surface area contributed by atoms with Crippen LogP contribution < -0.4 is 14.8 Å². The van der Waals surface area contributed by atoms with E-state index >= 15 is 0 Å². The fourth-order valence-corrected chi connectivity index (χ4v) is 7.51. The summed E-state index contributed by atoms with van der Waals surface area (Å²) >= 11 is 3.41. The number of carbonyl (C=O) groups excluding carboxylic acids is 2. The van der Waals surface area contributed by atoms with Crippen LogP contribution in [0.25, 0.3) is 5.57 Å². The first-order chi connectivity index (χ1) is 25.2. The second-order valence-electron chi connectivity index (χ2n) is 13.9. The molecule has 1 aliphatic carbocycles. The number of carbonyl (C=O) groups is 3. The first kappa shape index (κ1) is 37.5. The zero-order valence-electron chi connectivity index (χ0n) is 29.6. The number of halogens is 2. The molecule has 52 heavy (non-hydrogen) atoms. The van der Waals surface area contributed by atoms with E-state index in [1.54, 1.807) is 11.0 Å². The molecule has 2 heterocycles. The third kappa shape index (κ3) is 9.80. The highest BCUT2D eigenvalue weighted by molar-refractivity contribution is 9.10. The number of aliphatic carboxylic acids is 1. The van der Waals surface area contributed by atoms with Crippen LogP contribution in [0.3, 0.4) is 0 Å². The van der Waals surface area contributed by atoms with Crippen LogP contribution in [0.15, 0.2) is 76.8 Å². The van der Waals surface area contributed by atoms with Crippen molar-refractivity contribution in [1.29, 1.82) is 0 Å². The Morgan fingerprint density at radius 1 is 0.962 bits per heavy atom. The normalized spacial score (nSPS) is 18.2. The molecule has 9 nitrogen and oxygen atoms in total. The number of hydrogen-bond acceptors (Lipinski definition) is 6. The van der Waals surface area contributed by atoms with Crippen molar-refractivity contribution in [1.82, 2.24) is 15.1 Å². The second kappa shape index (κ2) is 17.5. The van der Waals surface area contributed by atoms with Crippen LogP contribution in [0, 0.1) is 5.82 Å². The number of nitrogens with zero attached hydrogens (tertiary/aromatic N) is 2. The van der Waals surface area contributed by atoms with Gasteiger partial charge in [-0.25, -0.2) is 4.39 Å². The van der Waals surface area contributed by atoms with E-state index in [9.17, 15) is 18.8 Å². The lowest BCUT2D eigenvalue weighted by atomic mass is 9.82. The topological polar surface area (TPSA) is 108 Å². The number of hydrogen-bond donors (Lipinski definition) is 2. The average molecular weight is 777 g/mol. The van der Waals surface area contributed by atoms with Gasteiger partial charge in [-0.2, -0.15) is 0 Å². The Hall–Kier alpha value is -4.22. The maximum Gasteiger partial charge on any atom is 0.303 e. The standard InChI is InChI=1S/C41H47BrFN3O6/c1-2-27-6-3-8-33(22-27)51-21-19-46(32-16-17-32)41(50)40-34(24-31-25-45(26-36(40)44-31)38(47)9-4-10-39(48)49)29-13-11-28(12-14-29)7-5-20-52-37-23-30(43)15-18-35(37)42/h3,6,8,11-15,18,22-23,31-32,36,44H,2,4-5,7,9-10,16-17,19-21,24-26H2,1H3,(H,48,49). The summed E-state index contributed by atoms with van der Waals surface area (Å²) in [7, 11) is 0. The van der Waals surface area contributed by atoms with Crippen molar-refractivity contribution < 1.29 is 33.4 Å². The van der Waals surface area contributed by atoms with E-state index in [-0.39, 0.29) is 55.0 Å². The highest BCUT2D eigenvalue weighted by Crippen LogP contribution is 2.37. The van der Waals surface area contributed by atoms with Gasteiger partial charge < -0.3 is 29.7 Å². The molecule has 1 saturated heterocycles. The molecule has 3 aromatic carbocycles. The van der Waals surface area contributed by atoms with Crippen LogP contribution in [-0.4, -0.2) is 83.7 Å².